The second kappa shape index (κ2) is 15.1. The molecule has 0 saturated heterocycles. The lowest BCUT2D eigenvalue weighted by Gasteiger charge is -2.22. The van der Waals surface area contributed by atoms with Crippen LogP contribution in [0.2, 0.25) is 0 Å². The van der Waals surface area contributed by atoms with Crippen molar-refractivity contribution in [3.63, 3.8) is 0 Å². The number of rotatable bonds is 8. The quantitative estimate of drug-likeness (QED) is 0.163. The Labute approximate surface area is 338 Å². The van der Waals surface area contributed by atoms with Crippen LogP contribution in [0.4, 0.5) is 0 Å². The van der Waals surface area contributed by atoms with Crippen LogP contribution >= 0.6 is 0 Å². The molecule has 0 bridgehead atoms. The van der Waals surface area contributed by atoms with Gasteiger partial charge in [-0.05, 0) is 148 Å². The number of aryl methyl sites for hydroxylation is 1. The van der Waals surface area contributed by atoms with Crippen molar-refractivity contribution in [2.24, 2.45) is 4.99 Å². The van der Waals surface area contributed by atoms with E-state index in [9.17, 15) is 5.11 Å². The van der Waals surface area contributed by atoms with Gasteiger partial charge >= 0.3 is 0 Å². The molecule has 7 rings (SSSR count). The van der Waals surface area contributed by atoms with Gasteiger partial charge in [0.2, 0.25) is 0 Å². The summed E-state index contributed by atoms with van der Waals surface area (Å²) in [7, 11) is 3.37. The number of hydrogen-bond acceptors (Lipinski definition) is 4. The Hall–Kier alpha value is -6.07. The summed E-state index contributed by atoms with van der Waals surface area (Å²) in [6.45, 7) is 19.6. The van der Waals surface area contributed by atoms with Gasteiger partial charge in [-0.15, -0.1) is 0 Å². The molecule has 2 heterocycles. The molecule has 2 N–H and O–H groups in total. The summed E-state index contributed by atoms with van der Waals surface area (Å²) in [6.07, 6.45) is 2.21. The van der Waals surface area contributed by atoms with Gasteiger partial charge in [0.15, 0.2) is 0 Å². The molecule has 0 unspecified atom stereocenters. The zero-order valence-corrected chi connectivity index (χ0v) is 35.2. The molecule has 5 heteroatoms. The zero-order chi connectivity index (χ0) is 40.8. The smallest absolute Gasteiger partial charge is 0.119 e. The number of phenolic OH excluding ortho intramolecular Hbond substituents is 1. The van der Waals surface area contributed by atoms with Gasteiger partial charge < -0.3 is 19.6 Å². The summed E-state index contributed by atoms with van der Waals surface area (Å²) < 4.78 is 11.0. The molecule has 290 valence electrons. The van der Waals surface area contributed by atoms with Crippen LogP contribution in [-0.2, 0) is 10.8 Å². The largest absolute Gasteiger partial charge is 0.508 e. The van der Waals surface area contributed by atoms with E-state index in [0.29, 0.717) is 0 Å². The highest BCUT2D eigenvalue weighted by Crippen LogP contribution is 2.46. The fraction of sp³-hybridized carbons (Fsp3) is 0.250. The molecule has 57 heavy (non-hydrogen) atoms. The number of allylic oxidation sites excluding steroid dienone is 2. The molecule has 0 fully saturated rings. The lowest BCUT2D eigenvalue weighted by Crippen LogP contribution is -2.10. The van der Waals surface area contributed by atoms with E-state index in [0.717, 1.165) is 95.5 Å². The molecule has 6 aromatic rings. The number of benzene rings is 5. The monoisotopic (exact) mass is 754 g/mol. The molecule has 0 spiro atoms. The molecule has 1 aliphatic heterocycles. The molecule has 0 aliphatic carbocycles. The minimum Gasteiger partial charge on any atom is -0.508 e. The van der Waals surface area contributed by atoms with Gasteiger partial charge in [-0.25, -0.2) is 4.99 Å². The third kappa shape index (κ3) is 7.72. The Balaban J connectivity index is 1.59. The van der Waals surface area contributed by atoms with Crippen LogP contribution in [0, 0.1) is 20.8 Å². The minimum atomic E-state index is 0.00844. The van der Waals surface area contributed by atoms with E-state index >= 15 is 0 Å². The number of nitrogens with zero attached hydrogens (tertiary/aromatic N) is 1. The van der Waals surface area contributed by atoms with Crippen LogP contribution < -0.4 is 9.47 Å². The average molecular weight is 755 g/mol. The Morgan fingerprint density at radius 1 is 0.596 bits per heavy atom. The third-order valence-electron chi connectivity index (χ3n) is 11.3. The van der Waals surface area contributed by atoms with E-state index < -0.39 is 0 Å². The standard InChI is InChI=1S/C52H54N2O3/c1-31-28-46(55)32(2)33(3)47(31)48(49-42(34-12-20-38(21-13-34)51(4,5)6)29-44(53-49)36-16-24-40(56-10)25-17-36)50-43(35-14-22-39(23-15-35)52(7,8)9)30-45(54-50)37-18-26-41(57-11)27-19-37/h12-30,53,55H,1-11H3/b50-48-. The van der Waals surface area contributed by atoms with Crippen molar-refractivity contribution in [1.82, 2.24) is 4.98 Å². The number of aliphatic imine (C=N–C) groups is 1. The number of aromatic nitrogens is 1. The minimum absolute atomic E-state index is 0.00844. The van der Waals surface area contributed by atoms with E-state index in [4.69, 9.17) is 14.5 Å². The van der Waals surface area contributed by atoms with Crippen molar-refractivity contribution in [1.29, 1.82) is 0 Å². The molecule has 1 aliphatic rings. The van der Waals surface area contributed by atoms with Crippen LogP contribution in [0.15, 0.2) is 126 Å². The van der Waals surface area contributed by atoms with Crippen molar-refractivity contribution in [2.75, 3.05) is 14.2 Å². The predicted molar refractivity (Wildman–Crippen MR) is 238 cm³/mol. The maximum Gasteiger partial charge on any atom is 0.119 e. The first-order valence-corrected chi connectivity index (χ1v) is 19.7. The molecule has 0 radical (unpaired) electrons. The molecule has 0 amide bonds. The number of methoxy groups -OCH3 is 2. The van der Waals surface area contributed by atoms with Gasteiger partial charge in [-0.2, -0.15) is 0 Å². The number of aromatic amines is 1. The van der Waals surface area contributed by atoms with Crippen LogP contribution in [-0.4, -0.2) is 30.0 Å². The van der Waals surface area contributed by atoms with Crippen LogP contribution in [0.1, 0.15) is 91.7 Å². The van der Waals surface area contributed by atoms with Crippen LogP contribution in [0.5, 0.6) is 17.2 Å². The molecule has 5 nitrogen and oxygen atoms in total. The second-order valence-electron chi connectivity index (χ2n) is 17.2. The van der Waals surface area contributed by atoms with Gasteiger partial charge in [0.1, 0.15) is 17.2 Å². The highest BCUT2D eigenvalue weighted by atomic mass is 16.5. The SMILES string of the molecule is COc1ccc(C2=N/C(=C(\c3[nH]c(-c4ccc(OC)cc4)cc3-c3ccc(C(C)(C)C)cc3)c3c(C)cc(O)c(C)c3C)C(c3ccc(C(C)(C)C)cc3)=C2)cc1. The van der Waals surface area contributed by atoms with Crippen molar-refractivity contribution >= 4 is 16.9 Å². The normalized spacial score (nSPS) is 14.0. The fourth-order valence-corrected chi connectivity index (χ4v) is 7.65. The zero-order valence-electron chi connectivity index (χ0n) is 35.2. The van der Waals surface area contributed by atoms with Gasteiger partial charge in [0.05, 0.1) is 31.3 Å². The van der Waals surface area contributed by atoms with Gasteiger partial charge in [-0.3, -0.25) is 0 Å². The lowest BCUT2D eigenvalue weighted by molar-refractivity contribution is 0.414. The molecule has 1 aromatic heterocycles. The first kappa shape index (κ1) is 39.2. The van der Waals surface area contributed by atoms with E-state index in [1.165, 1.54) is 11.1 Å². The summed E-state index contributed by atoms with van der Waals surface area (Å²) in [4.78, 5) is 9.52. The first-order valence-electron chi connectivity index (χ1n) is 19.7. The summed E-state index contributed by atoms with van der Waals surface area (Å²) in [5, 5.41) is 11.1. The topological polar surface area (TPSA) is 66.8 Å². The van der Waals surface area contributed by atoms with Crippen molar-refractivity contribution < 1.29 is 14.6 Å². The molecular weight excluding hydrogens is 701 g/mol. The Kier molecular flexibility index (Phi) is 10.4. The molecular formula is C52H54N2O3. The van der Waals surface area contributed by atoms with Crippen LogP contribution in [0.3, 0.4) is 0 Å². The number of ether oxygens (including phenoxy) is 2. The first-order chi connectivity index (χ1) is 27.1. The average Bonchev–Trinajstić information content (AvgIpc) is 3.84. The summed E-state index contributed by atoms with van der Waals surface area (Å²) in [5.74, 6) is 1.88. The number of nitrogens with one attached hydrogen (secondary N) is 1. The molecule has 0 atom stereocenters. The molecule has 0 saturated carbocycles. The highest BCUT2D eigenvalue weighted by molar-refractivity contribution is 6.20. The Bertz CT molecular complexity index is 2530. The molecule has 5 aromatic carbocycles. The lowest BCUT2D eigenvalue weighted by atomic mass is 9.83. The summed E-state index contributed by atoms with van der Waals surface area (Å²) in [5.41, 5.74) is 17.3. The summed E-state index contributed by atoms with van der Waals surface area (Å²) >= 11 is 0. The maximum absolute atomic E-state index is 11.1. The van der Waals surface area contributed by atoms with E-state index in [1.54, 1.807) is 14.2 Å². The maximum atomic E-state index is 11.1. The highest BCUT2D eigenvalue weighted by Gasteiger charge is 2.29. The van der Waals surface area contributed by atoms with Gasteiger partial charge in [0, 0.05) is 28.0 Å². The van der Waals surface area contributed by atoms with E-state index in [-0.39, 0.29) is 16.6 Å². The Morgan fingerprint density at radius 2 is 1.09 bits per heavy atom. The van der Waals surface area contributed by atoms with Crippen LogP contribution in [0.25, 0.3) is 33.5 Å². The number of aromatic hydroxyl groups is 1. The summed E-state index contributed by atoms with van der Waals surface area (Å²) in [6, 6.07) is 38.3. The number of phenols is 1. The van der Waals surface area contributed by atoms with E-state index in [1.807, 2.05) is 37.3 Å². The van der Waals surface area contributed by atoms with Crippen molar-refractivity contribution in [3.05, 3.63) is 171 Å². The van der Waals surface area contributed by atoms with Gasteiger partial charge in [-0.1, -0.05) is 90.1 Å². The van der Waals surface area contributed by atoms with Crippen molar-refractivity contribution in [2.45, 2.75) is 73.1 Å². The van der Waals surface area contributed by atoms with Gasteiger partial charge in [0.25, 0.3) is 0 Å². The number of hydrogen-bond donors (Lipinski definition) is 2. The van der Waals surface area contributed by atoms with E-state index in [2.05, 4.69) is 145 Å². The predicted octanol–water partition coefficient (Wildman–Crippen LogP) is 12.9. The third-order valence-corrected chi connectivity index (χ3v) is 11.3. The number of H-pyrrole nitrogens is 1. The Morgan fingerprint density at radius 3 is 1.60 bits per heavy atom. The second-order valence-corrected chi connectivity index (χ2v) is 17.2. The van der Waals surface area contributed by atoms with Crippen molar-refractivity contribution in [3.8, 4) is 39.6 Å². The fourth-order valence-electron chi connectivity index (χ4n) is 7.65.